The van der Waals surface area contributed by atoms with Crippen molar-refractivity contribution >= 4 is 31.5 Å². The number of ether oxygens (including phenoxy) is 1. The van der Waals surface area contributed by atoms with Crippen LogP contribution in [0.3, 0.4) is 0 Å². The Morgan fingerprint density at radius 1 is 1.35 bits per heavy atom. The van der Waals surface area contributed by atoms with E-state index >= 15 is 0 Å². The highest BCUT2D eigenvalue weighted by Crippen LogP contribution is 2.34. The van der Waals surface area contributed by atoms with Gasteiger partial charge in [0.2, 0.25) is 0 Å². The zero-order valence-electron chi connectivity index (χ0n) is 8.71. The monoisotopic (exact) mass is 295 g/mol. The van der Waals surface area contributed by atoms with E-state index in [1.807, 2.05) is 0 Å². The number of hydrogen-bond acceptors (Lipinski definition) is 4. The number of benzene rings is 1. The predicted molar refractivity (Wildman–Crippen MR) is 64.7 cm³/mol. The minimum atomic E-state index is -2.00. The van der Waals surface area contributed by atoms with Crippen molar-refractivity contribution in [2.24, 2.45) is 5.92 Å². The quantitative estimate of drug-likeness (QED) is 0.631. The fraction of sp³-hybridized carbons (Fsp3) is 0.400. The molecular formula is C10H10Cl2O4P+. The molecule has 0 saturated carbocycles. The van der Waals surface area contributed by atoms with E-state index in [9.17, 15) is 4.57 Å². The van der Waals surface area contributed by atoms with Gasteiger partial charge in [-0.25, -0.2) is 0 Å². The second kappa shape index (κ2) is 5.98. The van der Waals surface area contributed by atoms with Crippen LogP contribution in [-0.4, -0.2) is 18.8 Å². The number of alkyl halides is 1. The molecule has 0 aromatic heterocycles. The fourth-order valence-electron chi connectivity index (χ4n) is 1.31. The number of halogens is 2. The van der Waals surface area contributed by atoms with Crippen molar-refractivity contribution in [3.63, 3.8) is 0 Å². The summed E-state index contributed by atoms with van der Waals surface area (Å²) >= 11 is 12.0. The first-order chi connectivity index (χ1) is 8.16. The molecule has 2 rings (SSSR count). The smallest absolute Gasteiger partial charge is 0.473 e. The van der Waals surface area contributed by atoms with Gasteiger partial charge in [-0.3, -0.25) is 0 Å². The van der Waals surface area contributed by atoms with Crippen LogP contribution in [0.15, 0.2) is 24.3 Å². The highest BCUT2D eigenvalue weighted by Gasteiger charge is 2.36. The predicted octanol–water partition coefficient (Wildman–Crippen LogP) is 3.60. The van der Waals surface area contributed by atoms with Gasteiger partial charge in [0.25, 0.3) is 0 Å². The molecule has 1 fully saturated rings. The van der Waals surface area contributed by atoms with Gasteiger partial charge in [0.05, 0.1) is 10.9 Å². The van der Waals surface area contributed by atoms with Crippen molar-refractivity contribution in [1.82, 2.24) is 0 Å². The average molecular weight is 296 g/mol. The van der Waals surface area contributed by atoms with Crippen LogP contribution in [0.25, 0.3) is 0 Å². The standard InChI is InChI=1S/C10H10Cl2O4P/c11-8-3-1-2-4-9(8)16-10(12)7-5-14-17(13)15-6-7/h1-4,7,10H,5-6H2/q+1. The van der Waals surface area contributed by atoms with E-state index in [1.54, 1.807) is 24.3 Å². The minimum absolute atomic E-state index is 0.180. The molecule has 92 valence electrons. The molecule has 0 radical (unpaired) electrons. The third kappa shape index (κ3) is 3.54. The molecule has 7 heteroatoms. The molecule has 17 heavy (non-hydrogen) atoms. The lowest BCUT2D eigenvalue weighted by Crippen LogP contribution is -2.31. The Labute approximate surface area is 110 Å². The molecular weight excluding hydrogens is 286 g/mol. The van der Waals surface area contributed by atoms with E-state index in [0.717, 1.165) is 0 Å². The summed E-state index contributed by atoms with van der Waals surface area (Å²) < 4.78 is 26.1. The second-order valence-corrected chi connectivity index (χ2v) is 5.28. The molecule has 4 nitrogen and oxygen atoms in total. The molecule has 0 aliphatic carbocycles. The van der Waals surface area contributed by atoms with Gasteiger partial charge in [-0.15, -0.1) is 9.05 Å². The molecule has 1 atom stereocenters. The first-order valence-corrected chi connectivity index (χ1v) is 6.86. The summed E-state index contributed by atoms with van der Waals surface area (Å²) in [7, 11) is -2.00. The van der Waals surface area contributed by atoms with Gasteiger partial charge in [0.1, 0.15) is 19.0 Å². The average Bonchev–Trinajstić information content (AvgIpc) is 2.33. The van der Waals surface area contributed by atoms with E-state index < -0.39 is 13.8 Å². The Bertz CT molecular complexity index is 405. The van der Waals surface area contributed by atoms with E-state index in [2.05, 4.69) is 0 Å². The van der Waals surface area contributed by atoms with Crippen LogP contribution >= 0.6 is 31.5 Å². The van der Waals surface area contributed by atoms with Crippen LogP contribution in [-0.2, 0) is 13.6 Å². The van der Waals surface area contributed by atoms with E-state index in [-0.39, 0.29) is 19.1 Å². The Hall–Kier alpha value is -0.380. The van der Waals surface area contributed by atoms with E-state index in [0.29, 0.717) is 10.8 Å². The van der Waals surface area contributed by atoms with E-state index in [1.165, 1.54) is 0 Å². The molecule has 1 aromatic carbocycles. The van der Waals surface area contributed by atoms with Crippen molar-refractivity contribution < 1.29 is 18.3 Å². The van der Waals surface area contributed by atoms with Crippen molar-refractivity contribution in [3.8, 4) is 5.75 Å². The SMILES string of the molecule is O=[P+]1OCC(C(Cl)Oc2ccccc2Cl)CO1. The Balaban J connectivity index is 1.95. The fourth-order valence-corrected chi connectivity index (χ4v) is 2.43. The summed E-state index contributed by atoms with van der Waals surface area (Å²) in [6.07, 6.45) is 0. The van der Waals surface area contributed by atoms with Gasteiger partial charge in [0.15, 0.2) is 5.56 Å². The molecule has 0 amide bonds. The molecule has 0 N–H and O–H groups in total. The Morgan fingerprint density at radius 3 is 2.65 bits per heavy atom. The molecule has 1 saturated heterocycles. The maximum absolute atomic E-state index is 10.8. The minimum Gasteiger partial charge on any atom is -0.473 e. The lowest BCUT2D eigenvalue weighted by molar-refractivity contribution is 0.0614. The lowest BCUT2D eigenvalue weighted by atomic mass is 10.2. The van der Waals surface area contributed by atoms with Crippen molar-refractivity contribution in [2.75, 3.05) is 13.2 Å². The Morgan fingerprint density at radius 2 is 2.00 bits per heavy atom. The largest absolute Gasteiger partial charge is 0.697 e. The summed E-state index contributed by atoms with van der Waals surface area (Å²) in [4.78, 5) is 0. The molecule has 1 unspecified atom stereocenters. The summed E-state index contributed by atoms with van der Waals surface area (Å²) in [5.74, 6) is 0.324. The van der Waals surface area contributed by atoms with Crippen LogP contribution in [0.4, 0.5) is 0 Å². The van der Waals surface area contributed by atoms with Gasteiger partial charge < -0.3 is 4.74 Å². The summed E-state index contributed by atoms with van der Waals surface area (Å²) in [6.45, 7) is 0.488. The highest BCUT2D eigenvalue weighted by atomic mass is 35.5. The van der Waals surface area contributed by atoms with Crippen LogP contribution < -0.4 is 4.74 Å². The molecule has 1 aliphatic rings. The van der Waals surface area contributed by atoms with Gasteiger partial charge in [0, 0.05) is 4.57 Å². The number of rotatable bonds is 3. The molecule has 0 spiro atoms. The molecule has 0 bridgehead atoms. The lowest BCUT2D eigenvalue weighted by Gasteiger charge is -2.21. The molecule has 1 aromatic rings. The van der Waals surface area contributed by atoms with Crippen LogP contribution in [0.5, 0.6) is 5.75 Å². The van der Waals surface area contributed by atoms with Gasteiger partial charge in [-0.05, 0) is 12.1 Å². The maximum atomic E-state index is 10.8. The second-order valence-electron chi connectivity index (χ2n) is 3.47. The van der Waals surface area contributed by atoms with Crippen molar-refractivity contribution in [1.29, 1.82) is 0 Å². The molecule has 1 aliphatic heterocycles. The topological polar surface area (TPSA) is 44.8 Å². The third-order valence-corrected chi connectivity index (χ3v) is 3.71. The number of para-hydroxylation sites is 1. The molecule has 1 heterocycles. The first kappa shape index (κ1) is 13.1. The zero-order chi connectivity index (χ0) is 12.3. The number of hydrogen-bond donors (Lipinski definition) is 0. The van der Waals surface area contributed by atoms with E-state index in [4.69, 9.17) is 37.0 Å². The summed E-state index contributed by atoms with van der Waals surface area (Å²) in [6, 6.07) is 7.04. The zero-order valence-corrected chi connectivity index (χ0v) is 11.1. The normalized spacial score (nSPS) is 24.4. The van der Waals surface area contributed by atoms with Gasteiger partial charge in [-0.1, -0.05) is 35.3 Å². The van der Waals surface area contributed by atoms with Gasteiger partial charge >= 0.3 is 8.25 Å². The maximum Gasteiger partial charge on any atom is 0.697 e. The van der Waals surface area contributed by atoms with Gasteiger partial charge in [-0.2, -0.15) is 0 Å². The third-order valence-electron chi connectivity index (χ3n) is 2.23. The first-order valence-electron chi connectivity index (χ1n) is 4.95. The highest BCUT2D eigenvalue weighted by molar-refractivity contribution is 7.33. The summed E-state index contributed by atoms with van der Waals surface area (Å²) in [5.41, 5.74) is -0.640. The van der Waals surface area contributed by atoms with Crippen molar-refractivity contribution in [2.45, 2.75) is 5.56 Å². The van der Waals surface area contributed by atoms with Crippen LogP contribution in [0.1, 0.15) is 0 Å². The Kier molecular flexibility index (Phi) is 4.60. The van der Waals surface area contributed by atoms with Crippen LogP contribution in [0.2, 0.25) is 5.02 Å². The van der Waals surface area contributed by atoms with Crippen molar-refractivity contribution in [3.05, 3.63) is 29.3 Å². The summed E-state index contributed by atoms with van der Waals surface area (Å²) in [5, 5.41) is 0.488. The van der Waals surface area contributed by atoms with Crippen LogP contribution in [0, 0.1) is 5.92 Å².